The topological polar surface area (TPSA) is 6.48 Å². The average molecular weight is 432 g/mol. The van der Waals surface area contributed by atoms with Gasteiger partial charge < -0.3 is 4.90 Å². The molecule has 0 bridgehead atoms. The van der Waals surface area contributed by atoms with E-state index in [0.29, 0.717) is 23.2 Å². The number of likely N-dealkylation sites (N-methyl/N-ethyl adjacent to an activating group) is 1. The van der Waals surface area contributed by atoms with Crippen LogP contribution in [0.5, 0.6) is 0 Å². The average Bonchev–Trinajstić information content (AvgIpc) is 2.64. The molecule has 0 aliphatic carbocycles. The van der Waals surface area contributed by atoms with E-state index in [1.165, 1.54) is 12.1 Å². The van der Waals surface area contributed by atoms with Crippen molar-refractivity contribution in [1.82, 2.24) is 9.80 Å². The van der Waals surface area contributed by atoms with Gasteiger partial charge in [-0.3, -0.25) is 4.90 Å². The van der Waals surface area contributed by atoms with Gasteiger partial charge in [-0.1, -0.05) is 41.5 Å². The Balaban J connectivity index is 0.000000248. The summed E-state index contributed by atoms with van der Waals surface area (Å²) in [5, 5.41) is 0. The van der Waals surface area contributed by atoms with Crippen molar-refractivity contribution in [2.24, 2.45) is 0 Å². The molecule has 30 heavy (non-hydrogen) atoms. The van der Waals surface area contributed by atoms with E-state index >= 15 is 0 Å². The first kappa shape index (κ1) is 24.2. The maximum atomic E-state index is 13.0. The maximum absolute atomic E-state index is 13.0. The van der Waals surface area contributed by atoms with Gasteiger partial charge in [0.15, 0.2) is 0 Å². The first-order valence-electron chi connectivity index (χ1n) is 9.58. The fourth-order valence-corrected chi connectivity index (χ4v) is 3.16. The van der Waals surface area contributed by atoms with Crippen molar-refractivity contribution in [2.45, 2.75) is 32.7 Å². The molecule has 0 unspecified atom stereocenters. The summed E-state index contributed by atoms with van der Waals surface area (Å²) >= 11 is 0. The summed E-state index contributed by atoms with van der Waals surface area (Å²) in [6.45, 7) is 7.16. The lowest BCUT2D eigenvalue weighted by molar-refractivity contribution is -0.139. The van der Waals surface area contributed by atoms with Crippen molar-refractivity contribution in [3.05, 3.63) is 70.3 Å². The van der Waals surface area contributed by atoms with Gasteiger partial charge in [0.1, 0.15) is 0 Å². The Morgan fingerprint density at radius 1 is 0.767 bits per heavy atom. The normalized spacial score (nSPS) is 16.2. The van der Waals surface area contributed by atoms with E-state index in [-0.39, 0.29) is 0 Å². The highest BCUT2D eigenvalue weighted by Crippen LogP contribution is 2.33. The minimum atomic E-state index is -4.27. The van der Waals surface area contributed by atoms with Gasteiger partial charge in [-0.25, -0.2) is 0 Å². The monoisotopic (exact) mass is 432 g/mol. The minimum absolute atomic E-state index is 0.377. The van der Waals surface area contributed by atoms with Crippen LogP contribution in [0.4, 0.5) is 26.3 Å². The van der Waals surface area contributed by atoms with Crippen molar-refractivity contribution < 1.29 is 26.3 Å². The van der Waals surface area contributed by atoms with E-state index in [4.69, 9.17) is 0 Å². The van der Waals surface area contributed by atoms with Gasteiger partial charge in [0.05, 0.1) is 11.1 Å². The Labute approximate surface area is 173 Å². The van der Waals surface area contributed by atoms with Crippen molar-refractivity contribution >= 4 is 0 Å². The minimum Gasteiger partial charge on any atom is -0.304 e. The summed E-state index contributed by atoms with van der Waals surface area (Å²) in [4.78, 5) is 4.27. The van der Waals surface area contributed by atoms with Crippen LogP contribution in [0.2, 0.25) is 0 Å². The second-order valence-electron chi connectivity index (χ2n) is 7.61. The van der Waals surface area contributed by atoms with Crippen LogP contribution in [-0.2, 0) is 18.9 Å². The van der Waals surface area contributed by atoms with Crippen LogP contribution in [-0.4, -0.2) is 43.0 Å². The van der Waals surface area contributed by atoms with E-state index < -0.39 is 23.5 Å². The fraction of sp³-hybridized carbons (Fsp3) is 0.455. The molecule has 1 fully saturated rings. The van der Waals surface area contributed by atoms with E-state index in [0.717, 1.165) is 38.3 Å². The van der Waals surface area contributed by atoms with Gasteiger partial charge in [-0.05, 0) is 38.6 Å². The molecule has 166 valence electrons. The first-order chi connectivity index (χ1) is 13.9. The highest BCUT2D eigenvalue weighted by atomic mass is 19.4. The molecule has 1 saturated heterocycles. The third-order valence-electron chi connectivity index (χ3n) is 4.91. The molecule has 2 nitrogen and oxygen atoms in total. The van der Waals surface area contributed by atoms with Crippen molar-refractivity contribution in [3.63, 3.8) is 0 Å². The number of aryl methyl sites for hydroxylation is 2. The molecule has 1 aliphatic rings. The first-order valence-corrected chi connectivity index (χ1v) is 9.58. The molecular weight excluding hydrogens is 406 g/mol. The van der Waals surface area contributed by atoms with Crippen LogP contribution in [0, 0.1) is 13.8 Å². The highest BCUT2D eigenvalue weighted by Gasteiger charge is 2.34. The Kier molecular flexibility index (Phi) is 7.93. The number of halogens is 6. The van der Waals surface area contributed by atoms with E-state index in [9.17, 15) is 26.3 Å². The maximum Gasteiger partial charge on any atom is 0.416 e. The quantitative estimate of drug-likeness (QED) is 0.556. The molecule has 0 aromatic heterocycles. The second-order valence-corrected chi connectivity index (χ2v) is 7.61. The second kappa shape index (κ2) is 9.83. The summed E-state index contributed by atoms with van der Waals surface area (Å²) in [6.07, 6.45) is -8.49. The molecule has 1 aliphatic heterocycles. The molecule has 3 rings (SSSR count). The van der Waals surface area contributed by atoms with E-state index in [1.807, 2.05) is 7.05 Å². The molecule has 2 aromatic rings. The van der Waals surface area contributed by atoms with Crippen molar-refractivity contribution in [3.8, 4) is 0 Å². The summed E-state index contributed by atoms with van der Waals surface area (Å²) in [6, 6.07) is 9.82. The Morgan fingerprint density at radius 2 is 1.37 bits per heavy atom. The zero-order valence-electron chi connectivity index (χ0n) is 17.2. The standard InChI is InChI=1S/C14H19F3N2.C8H7F3/c1-11-3-4-12(13(9-11)14(15,16)17)10-19-7-5-18(2)6-8-19;1-6-3-2-4-7(5-6)8(9,10)11/h3-4,9H,5-8,10H2,1-2H3;2-5H,1H3. The lowest BCUT2D eigenvalue weighted by Gasteiger charge is -2.32. The zero-order valence-corrected chi connectivity index (χ0v) is 17.2. The largest absolute Gasteiger partial charge is 0.416 e. The Morgan fingerprint density at radius 3 is 1.87 bits per heavy atom. The molecule has 8 heteroatoms. The Hall–Kier alpha value is -2.06. The summed E-state index contributed by atoms with van der Waals surface area (Å²) in [5.41, 5.74) is 0.570. The van der Waals surface area contributed by atoms with Crippen LogP contribution in [0.15, 0.2) is 42.5 Å². The third kappa shape index (κ3) is 7.32. The van der Waals surface area contributed by atoms with Crippen LogP contribution in [0.1, 0.15) is 27.8 Å². The number of hydrogen-bond donors (Lipinski definition) is 0. The number of nitrogens with zero attached hydrogens (tertiary/aromatic N) is 2. The van der Waals surface area contributed by atoms with Gasteiger partial charge in [-0.2, -0.15) is 26.3 Å². The predicted molar refractivity (Wildman–Crippen MR) is 105 cm³/mol. The van der Waals surface area contributed by atoms with Crippen molar-refractivity contribution in [1.29, 1.82) is 0 Å². The van der Waals surface area contributed by atoms with Gasteiger partial charge in [0, 0.05) is 32.7 Å². The van der Waals surface area contributed by atoms with Gasteiger partial charge in [0.25, 0.3) is 0 Å². The summed E-state index contributed by atoms with van der Waals surface area (Å²) in [7, 11) is 2.03. The van der Waals surface area contributed by atoms with Gasteiger partial charge in [-0.15, -0.1) is 0 Å². The molecule has 0 amide bonds. The molecule has 1 heterocycles. The predicted octanol–water partition coefficient (Wildman–Crippen LogP) is 5.78. The van der Waals surface area contributed by atoms with Crippen molar-refractivity contribution in [2.75, 3.05) is 33.2 Å². The number of hydrogen-bond acceptors (Lipinski definition) is 2. The fourth-order valence-electron chi connectivity index (χ4n) is 3.16. The smallest absolute Gasteiger partial charge is 0.304 e. The number of benzene rings is 2. The molecule has 0 atom stereocenters. The molecule has 0 radical (unpaired) electrons. The van der Waals surface area contributed by atoms with E-state index in [1.54, 1.807) is 32.0 Å². The third-order valence-corrected chi connectivity index (χ3v) is 4.91. The molecule has 0 saturated carbocycles. The molecule has 0 spiro atoms. The van der Waals surface area contributed by atoms with Crippen LogP contribution in [0.25, 0.3) is 0 Å². The number of alkyl halides is 6. The highest BCUT2D eigenvalue weighted by molar-refractivity contribution is 5.33. The SMILES string of the molecule is Cc1ccc(CN2CCN(C)CC2)c(C(F)(F)F)c1.Cc1cccc(C(F)(F)F)c1. The summed E-state index contributed by atoms with van der Waals surface area (Å²) in [5.74, 6) is 0. The molecule has 2 aromatic carbocycles. The summed E-state index contributed by atoms with van der Waals surface area (Å²) < 4.78 is 75.0. The van der Waals surface area contributed by atoms with Crippen LogP contribution < -0.4 is 0 Å². The van der Waals surface area contributed by atoms with Crippen LogP contribution in [0.3, 0.4) is 0 Å². The molecular formula is C22H26F6N2. The van der Waals surface area contributed by atoms with E-state index in [2.05, 4.69) is 9.80 Å². The lowest BCUT2D eigenvalue weighted by atomic mass is 10.0. The molecule has 0 N–H and O–H groups in total. The zero-order chi connectivity index (χ0) is 22.5. The van der Waals surface area contributed by atoms with Gasteiger partial charge >= 0.3 is 12.4 Å². The Bertz CT molecular complexity index is 821. The van der Waals surface area contributed by atoms with Gasteiger partial charge in [0.2, 0.25) is 0 Å². The lowest BCUT2D eigenvalue weighted by Crippen LogP contribution is -2.44. The number of rotatable bonds is 2. The van der Waals surface area contributed by atoms with Crippen LogP contribution >= 0.6 is 0 Å². The number of piperazine rings is 1.